The summed E-state index contributed by atoms with van der Waals surface area (Å²) in [6, 6.07) is 3.29. The van der Waals surface area contributed by atoms with Gasteiger partial charge in [-0.3, -0.25) is 4.79 Å². The van der Waals surface area contributed by atoms with Crippen LogP contribution in [0.2, 0.25) is 0 Å². The van der Waals surface area contributed by atoms with Gasteiger partial charge in [-0.25, -0.2) is 17.7 Å². The van der Waals surface area contributed by atoms with Gasteiger partial charge in [-0.2, -0.15) is 13.9 Å². The van der Waals surface area contributed by atoms with Crippen LogP contribution in [0.25, 0.3) is 0 Å². The minimum Gasteiger partial charge on any atom is -0.462 e. The molecule has 0 unspecified atom stereocenters. The van der Waals surface area contributed by atoms with Gasteiger partial charge in [0, 0.05) is 0 Å². The summed E-state index contributed by atoms with van der Waals surface area (Å²) in [5.41, 5.74) is 1.93. The Labute approximate surface area is 193 Å². The molecule has 186 valence electrons. The summed E-state index contributed by atoms with van der Waals surface area (Å²) in [6.45, 7) is 4.31. The quantitative estimate of drug-likeness (QED) is 0.161. The molecule has 1 aliphatic rings. The highest BCUT2D eigenvalue weighted by molar-refractivity contribution is 7.52. The van der Waals surface area contributed by atoms with Gasteiger partial charge in [0.1, 0.15) is 11.8 Å². The molecule has 0 aliphatic heterocycles. The number of carbonyl (C=O) groups is 1. The molecule has 2 aromatic carbocycles. The summed E-state index contributed by atoms with van der Waals surface area (Å²) < 4.78 is 97.8. The molecule has 12 heteroatoms. The van der Waals surface area contributed by atoms with Crippen LogP contribution in [0.15, 0.2) is 18.2 Å². The number of rotatable bonds is 8. The molecular weight excluding hydrogens is 484 g/mol. The first-order valence-electron chi connectivity index (χ1n) is 10.5. The van der Waals surface area contributed by atoms with Gasteiger partial charge in [0.2, 0.25) is 34.8 Å². The third kappa shape index (κ3) is 5.70. The number of esters is 1. The van der Waals surface area contributed by atoms with E-state index in [0.29, 0.717) is 6.42 Å². The zero-order valence-corrected chi connectivity index (χ0v) is 19.5. The van der Waals surface area contributed by atoms with E-state index in [-0.39, 0.29) is 5.75 Å². The molecule has 0 spiro atoms. The van der Waals surface area contributed by atoms with Crippen molar-refractivity contribution >= 4 is 13.7 Å². The maximum atomic E-state index is 14.2. The lowest BCUT2D eigenvalue weighted by molar-refractivity contribution is -0.149. The Kier molecular flexibility index (Phi) is 7.88. The van der Waals surface area contributed by atoms with E-state index in [9.17, 15) is 31.3 Å². The largest absolute Gasteiger partial charge is 0.513 e. The summed E-state index contributed by atoms with van der Waals surface area (Å²) >= 11 is 0. The van der Waals surface area contributed by atoms with E-state index in [1.807, 2.05) is 0 Å². The van der Waals surface area contributed by atoms with Crippen LogP contribution in [0.3, 0.4) is 0 Å². The SMILES string of the molecule is CC(C)OC(=O)[C@H](C)N[P@](=O)(Oc1ccc2c(c1)CCCC2)Oc1c(F)c(F)c(F)c(F)c1F. The monoisotopic (exact) mass is 507 g/mol. The highest BCUT2D eigenvalue weighted by Gasteiger charge is 2.38. The Balaban J connectivity index is 1.99. The van der Waals surface area contributed by atoms with Crippen molar-refractivity contribution in [1.82, 2.24) is 5.09 Å². The number of ether oxygens (including phenoxy) is 1. The van der Waals surface area contributed by atoms with Crippen molar-refractivity contribution in [1.29, 1.82) is 0 Å². The van der Waals surface area contributed by atoms with E-state index in [0.717, 1.165) is 30.4 Å². The predicted molar refractivity (Wildman–Crippen MR) is 112 cm³/mol. The van der Waals surface area contributed by atoms with Crippen molar-refractivity contribution < 1.29 is 45.1 Å². The second kappa shape index (κ2) is 10.3. The first-order valence-corrected chi connectivity index (χ1v) is 12.1. The van der Waals surface area contributed by atoms with Crippen LogP contribution in [0.5, 0.6) is 11.5 Å². The lowest BCUT2D eigenvalue weighted by Gasteiger charge is -2.25. The molecule has 6 nitrogen and oxygen atoms in total. The first kappa shape index (κ1) is 26.0. The van der Waals surface area contributed by atoms with Crippen molar-refractivity contribution in [2.45, 2.75) is 58.6 Å². The minimum absolute atomic E-state index is 0.0511. The van der Waals surface area contributed by atoms with Gasteiger partial charge in [-0.05, 0) is 69.7 Å². The molecule has 34 heavy (non-hydrogen) atoms. The van der Waals surface area contributed by atoms with Crippen LogP contribution in [-0.4, -0.2) is 18.1 Å². The van der Waals surface area contributed by atoms with E-state index in [1.165, 1.54) is 13.0 Å². The maximum absolute atomic E-state index is 14.2. The van der Waals surface area contributed by atoms with E-state index >= 15 is 0 Å². The van der Waals surface area contributed by atoms with Crippen LogP contribution in [0.1, 0.15) is 44.7 Å². The lowest BCUT2D eigenvalue weighted by Crippen LogP contribution is -2.37. The molecule has 0 saturated carbocycles. The smallest absolute Gasteiger partial charge is 0.462 e. The molecule has 3 rings (SSSR count). The van der Waals surface area contributed by atoms with Crippen LogP contribution < -0.4 is 14.1 Å². The highest BCUT2D eigenvalue weighted by atomic mass is 31.2. The number of fused-ring (bicyclic) bond motifs is 1. The molecular formula is C22H23F5NO5P. The molecule has 1 aliphatic carbocycles. The topological polar surface area (TPSA) is 73.9 Å². The van der Waals surface area contributed by atoms with Gasteiger partial charge in [0.25, 0.3) is 0 Å². The fourth-order valence-corrected chi connectivity index (χ4v) is 4.90. The van der Waals surface area contributed by atoms with Gasteiger partial charge < -0.3 is 13.8 Å². The normalized spacial score (nSPS) is 15.9. The van der Waals surface area contributed by atoms with Crippen molar-refractivity contribution in [2.75, 3.05) is 0 Å². The lowest BCUT2D eigenvalue weighted by atomic mass is 9.92. The van der Waals surface area contributed by atoms with E-state index in [4.69, 9.17) is 13.8 Å². The van der Waals surface area contributed by atoms with Crippen LogP contribution in [-0.2, 0) is 26.9 Å². The standard InChI is InChI=1S/C22H23F5NO5P/c1-11(2)31-22(29)12(3)28-34(30,32-15-9-8-13-6-4-5-7-14(13)10-15)33-21-19(26)17(24)16(23)18(25)20(21)27/h8-12H,4-7H2,1-3H3,(H,28,30)/t12-,34-/m0/s1. The van der Waals surface area contributed by atoms with Crippen molar-refractivity contribution in [3.05, 3.63) is 58.4 Å². The molecule has 0 heterocycles. The van der Waals surface area contributed by atoms with Crippen LogP contribution >= 0.6 is 7.75 Å². The second-order valence-corrected chi connectivity index (χ2v) is 9.67. The molecule has 0 saturated heterocycles. The average Bonchev–Trinajstić information content (AvgIpc) is 2.78. The number of hydrogen-bond acceptors (Lipinski definition) is 5. The van der Waals surface area contributed by atoms with Crippen molar-refractivity contribution in [3.63, 3.8) is 0 Å². The summed E-state index contributed by atoms with van der Waals surface area (Å²) in [7, 11) is -4.95. The first-order chi connectivity index (χ1) is 15.9. The fourth-order valence-electron chi connectivity index (χ4n) is 3.39. The van der Waals surface area contributed by atoms with E-state index in [2.05, 4.69) is 5.09 Å². The molecule has 0 amide bonds. The van der Waals surface area contributed by atoms with Crippen LogP contribution in [0, 0.1) is 29.1 Å². The number of nitrogens with one attached hydrogen (secondary N) is 1. The van der Waals surface area contributed by atoms with Crippen molar-refractivity contribution in [2.24, 2.45) is 0 Å². The fraction of sp³-hybridized carbons (Fsp3) is 0.409. The van der Waals surface area contributed by atoms with E-state index < -0.39 is 60.7 Å². The number of benzene rings is 2. The Morgan fingerprint density at radius 3 is 2.03 bits per heavy atom. The molecule has 1 N–H and O–H groups in total. The summed E-state index contributed by atoms with van der Waals surface area (Å²) in [5, 5.41) is 2.15. The van der Waals surface area contributed by atoms with Crippen LogP contribution in [0.4, 0.5) is 22.0 Å². The molecule has 0 aromatic heterocycles. The highest BCUT2D eigenvalue weighted by Crippen LogP contribution is 2.48. The average molecular weight is 507 g/mol. The molecule has 2 aromatic rings. The summed E-state index contributed by atoms with van der Waals surface area (Å²) in [4.78, 5) is 12.2. The Morgan fingerprint density at radius 2 is 1.44 bits per heavy atom. The van der Waals surface area contributed by atoms with Gasteiger partial charge in [0.15, 0.2) is 0 Å². The van der Waals surface area contributed by atoms with Gasteiger partial charge in [-0.1, -0.05) is 6.07 Å². The molecule has 0 bridgehead atoms. The number of halogens is 5. The molecule has 2 atom stereocenters. The van der Waals surface area contributed by atoms with Gasteiger partial charge >= 0.3 is 13.7 Å². The second-order valence-electron chi connectivity index (χ2n) is 8.05. The third-order valence-corrected chi connectivity index (χ3v) is 6.56. The number of aryl methyl sites for hydroxylation is 2. The summed E-state index contributed by atoms with van der Waals surface area (Å²) in [6.07, 6.45) is 2.89. The van der Waals surface area contributed by atoms with E-state index in [1.54, 1.807) is 26.0 Å². The summed E-state index contributed by atoms with van der Waals surface area (Å²) in [5.74, 6) is -14.4. The third-order valence-electron chi connectivity index (χ3n) is 4.98. The molecule has 0 fully saturated rings. The Hall–Kier alpha value is -2.65. The van der Waals surface area contributed by atoms with Gasteiger partial charge in [-0.15, -0.1) is 0 Å². The number of carbonyl (C=O) groups excluding carboxylic acids is 1. The number of hydrogen-bond donors (Lipinski definition) is 1. The van der Waals surface area contributed by atoms with Crippen molar-refractivity contribution in [3.8, 4) is 11.5 Å². The predicted octanol–water partition coefficient (Wildman–Crippen LogP) is 5.76. The maximum Gasteiger partial charge on any atom is 0.513 e. The molecule has 0 radical (unpaired) electrons. The Morgan fingerprint density at radius 1 is 0.882 bits per heavy atom. The zero-order chi connectivity index (χ0) is 25.2. The van der Waals surface area contributed by atoms with Gasteiger partial charge in [0.05, 0.1) is 6.10 Å². The Bertz CT molecular complexity index is 1110. The minimum atomic E-state index is -4.95. The zero-order valence-electron chi connectivity index (χ0n) is 18.6.